The van der Waals surface area contributed by atoms with Crippen LogP contribution >= 0.6 is 11.6 Å². The second-order valence-electron chi connectivity index (χ2n) is 3.60. The van der Waals surface area contributed by atoms with Gasteiger partial charge >= 0.3 is 0 Å². The minimum Gasteiger partial charge on any atom is -0.287 e. The Morgan fingerprint density at radius 1 is 1.24 bits per heavy atom. The van der Waals surface area contributed by atoms with Crippen molar-refractivity contribution in [1.82, 2.24) is 9.97 Å². The third kappa shape index (κ3) is 1.33. The third-order valence-electron chi connectivity index (χ3n) is 2.66. The number of benzene rings is 1. The second-order valence-corrected chi connectivity index (χ2v) is 3.94. The molecule has 1 aliphatic carbocycles. The van der Waals surface area contributed by atoms with Gasteiger partial charge in [0.05, 0.1) is 11.6 Å². The van der Waals surface area contributed by atoms with Crippen LogP contribution in [0, 0.1) is 11.3 Å². The van der Waals surface area contributed by atoms with Crippen LogP contribution in [0.3, 0.4) is 0 Å². The number of carbonyl (C=O) groups is 1. The van der Waals surface area contributed by atoms with Crippen molar-refractivity contribution in [2.45, 2.75) is 0 Å². The minimum absolute atomic E-state index is 0.0467. The lowest BCUT2D eigenvalue weighted by molar-refractivity contribution is 0.103. The van der Waals surface area contributed by atoms with Gasteiger partial charge in [-0.05, 0) is 29.3 Å². The Bertz CT molecular complexity index is 703. The molecule has 0 saturated carbocycles. The first-order valence-electron chi connectivity index (χ1n) is 4.82. The van der Waals surface area contributed by atoms with Crippen molar-refractivity contribution in [1.29, 1.82) is 5.26 Å². The van der Waals surface area contributed by atoms with Crippen molar-refractivity contribution in [2.75, 3.05) is 0 Å². The van der Waals surface area contributed by atoms with E-state index in [1.165, 1.54) is 6.20 Å². The van der Waals surface area contributed by atoms with E-state index in [1.807, 2.05) is 6.07 Å². The topological polar surface area (TPSA) is 66.6 Å². The average Bonchev–Trinajstić information content (AvgIpc) is 2.62. The number of hydrogen-bond donors (Lipinski definition) is 0. The number of aromatic nitrogens is 2. The summed E-state index contributed by atoms with van der Waals surface area (Å²) >= 11 is 5.66. The van der Waals surface area contributed by atoms with Gasteiger partial charge in [0.15, 0.2) is 0 Å². The lowest BCUT2D eigenvalue weighted by Gasteiger charge is -1.98. The molecule has 0 amide bonds. The number of halogens is 1. The molecule has 1 heterocycles. The normalized spacial score (nSPS) is 11.9. The fraction of sp³-hybridized carbons (Fsp3) is 0. The first-order chi connectivity index (χ1) is 8.20. The molecule has 1 aliphatic rings. The maximum Gasteiger partial charge on any atom is 0.223 e. The molecule has 0 aliphatic heterocycles. The van der Waals surface area contributed by atoms with Crippen molar-refractivity contribution >= 4 is 17.4 Å². The highest BCUT2D eigenvalue weighted by Crippen LogP contribution is 2.35. The number of hydrogen-bond acceptors (Lipinski definition) is 4. The van der Waals surface area contributed by atoms with E-state index in [1.54, 1.807) is 18.2 Å². The van der Waals surface area contributed by atoms with Gasteiger partial charge in [0.25, 0.3) is 0 Å². The Hall–Kier alpha value is -2.25. The molecule has 3 rings (SSSR count). The molecule has 0 fully saturated rings. The summed E-state index contributed by atoms with van der Waals surface area (Å²) in [5.74, 6) is -0.212. The fourth-order valence-electron chi connectivity index (χ4n) is 1.89. The lowest BCUT2D eigenvalue weighted by Crippen LogP contribution is -1.99. The van der Waals surface area contributed by atoms with Crippen molar-refractivity contribution < 1.29 is 4.79 Å². The van der Waals surface area contributed by atoms with Gasteiger partial charge in [-0.1, -0.05) is 6.07 Å². The van der Waals surface area contributed by atoms with Gasteiger partial charge in [-0.2, -0.15) is 5.26 Å². The highest BCUT2D eigenvalue weighted by molar-refractivity contribution is 6.29. The number of carbonyl (C=O) groups excluding carboxylic acids is 1. The van der Waals surface area contributed by atoms with Gasteiger partial charge in [-0.15, -0.1) is 0 Å². The molecule has 4 nitrogen and oxygen atoms in total. The van der Waals surface area contributed by atoms with E-state index in [9.17, 15) is 4.79 Å². The molecule has 1 aromatic heterocycles. The van der Waals surface area contributed by atoms with Crippen LogP contribution in [-0.2, 0) is 0 Å². The Morgan fingerprint density at radius 3 is 2.82 bits per heavy atom. The second kappa shape index (κ2) is 3.37. The van der Waals surface area contributed by atoms with E-state index in [0.29, 0.717) is 22.4 Å². The molecule has 5 heteroatoms. The summed E-state index contributed by atoms with van der Waals surface area (Å²) in [4.78, 5) is 19.8. The zero-order valence-corrected chi connectivity index (χ0v) is 9.19. The maximum absolute atomic E-state index is 12.1. The summed E-state index contributed by atoms with van der Waals surface area (Å²) in [7, 11) is 0. The molecule has 1 aromatic carbocycles. The highest BCUT2D eigenvalue weighted by Gasteiger charge is 2.29. The summed E-state index contributed by atoms with van der Waals surface area (Å²) < 4.78 is 0. The smallest absolute Gasteiger partial charge is 0.223 e. The summed E-state index contributed by atoms with van der Waals surface area (Å²) in [5.41, 5.74) is 2.65. The molecular weight excluding hydrogens is 238 g/mol. The van der Waals surface area contributed by atoms with Crippen molar-refractivity contribution in [3.05, 3.63) is 46.5 Å². The minimum atomic E-state index is -0.212. The molecular formula is C12H4ClN3O. The molecule has 0 N–H and O–H groups in total. The Balaban J connectivity index is 2.31. The average molecular weight is 242 g/mol. The van der Waals surface area contributed by atoms with Crippen LogP contribution < -0.4 is 0 Å². The lowest BCUT2D eigenvalue weighted by atomic mass is 10.0. The standard InChI is InChI=1S/C12H4ClN3O/c13-12-15-5-9-7-2-1-6(4-14)3-8(7)11(17)10(9)16-12/h1-3,5H. The Kier molecular flexibility index (Phi) is 1.97. The first kappa shape index (κ1) is 9.94. The number of nitriles is 1. The van der Waals surface area contributed by atoms with Crippen LogP contribution in [0.2, 0.25) is 5.28 Å². The van der Waals surface area contributed by atoms with E-state index in [0.717, 1.165) is 5.56 Å². The van der Waals surface area contributed by atoms with E-state index >= 15 is 0 Å². The fourth-order valence-corrected chi connectivity index (χ4v) is 2.03. The van der Waals surface area contributed by atoms with Crippen LogP contribution in [0.25, 0.3) is 11.1 Å². The zero-order chi connectivity index (χ0) is 12.0. The molecule has 0 bridgehead atoms. The van der Waals surface area contributed by atoms with Gasteiger partial charge in [0.1, 0.15) is 5.69 Å². The first-order valence-corrected chi connectivity index (χ1v) is 5.20. The maximum atomic E-state index is 12.1. The molecule has 0 radical (unpaired) electrons. The van der Waals surface area contributed by atoms with Crippen molar-refractivity contribution in [3.8, 4) is 17.2 Å². The summed E-state index contributed by atoms with van der Waals surface area (Å²) in [6.45, 7) is 0. The molecule has 0 atom stereocenters. The summed E-state index contributed by atoms with van der Waals surface area (Å²) in [6.07, 6.45) is 1.53. The predicted octanol–water partition coefficient (Wildman–Crippen LogP) is 2.21. The number of nitrogens with zero attached hydrogens (tertiary/aromatic N) is 3. The van der Waals surface area contributed by atoms with Gasteiger partial charge in [-0.3, -0.25) is 4.79 Å². The number of ketones is 1. The highest BCUT2D eigenvalue weighted by atomic mass is 35.5. The number of fused-ring (bicyclic) bond motifs is 3. The summed E-state index contributed by atoms with van der Waals surface area (Å²) in [6, 6.07) is 6.96. The van der Waals surface area contributed by atoms with Gasteiger partial charge in [0.2, 0.25) is 11.1 Å². The van der Waals surface area contributed by atoms with Crippen molar-refractivity contribution in [2.24, 2.45) is 0 Å². The Morgan fingerprint density at radius 2 is 2.06 bits per heavy atom. The monoisotopic (exact) mass is 241 g/mol. The van der Waals surface area contributed by atoms with Gasteiger partial charge in [0, 0.05) is 17.3 Å². The molecule has 0 spiro atoms. The molecule has 17 heavy (non-hydrogen) atoms. The SMILES string of the molecule is N#Cc1ccc2c(c1)C(=O)c1nc(Cl)ncc1-2. The predicted molar refractivity (Wildman–Crippen MR) is 60.6 cm³/mol. The third-order valence-corrected chi connectivity index (χ3v) is 2.84. The molecule has 0 unspecified atom stereocenters. The van der Waals surface area contributed by atoms with Gasteiger partial charge in [-0.25, -0.2) is 9.97 Å². The number of rotatable bonds is 0. The summed E-state index contributed by atoms with van der Waals surface area (Å²) in [5, 5.41) is 8.85. The largest absolute Gasteiger partial charge is 0.287 e. The molecule has 80 valence electrons. The van der Waals surface area contributed by atoms with E-state index in [2.05, 4.69) is 9.97 Å². The zero-order valence-electron chi connectivity index (χ0n) is 8.44. The van der Waals surface area contributed by atoms with Crippen LogP contribution in [0.15, 0.2) is 24.4 Å². The van der Waals surface area contributed by atoms with E-state index in [-0.39, 0.29) is 11.1 Å². The van der Waals surface area contributed by atoms with Crippen LogP contribution in [0.1, 0.15) is 21.6 Å². The van der Waals surface area contributed by atoms with Crippen LogP contribution in [-0.4, -0.2) is 15.8 Å². The molecule has 0 saturated heterocycles. The Labute approximate surface area is 102 Å². The van der Waals surface area contributed by atoms with Crippen LogP contribution in [0.4, 0.5) is 0 Å². The van der Waals surface area contributed by atoms with Crippen molar-refractivity contribution in [3.63, 3.8) is 0 Å². The van der Waals surface area contributed by atoms with E-state index < -0.39 is 0 Å². The van der Waals surface area contributed by atoms with E-state index in [4.69, 9.17) is 16.9 Å². The van der Waals surface area contributed by atoms with Gasteiger partial charge < -0.3 is 0 Å². The quantitative estimate of drug-likeness (QED) is 0.566. The molecule has 2 aromatic rings. The van der Waals surface area contributed by atoms with Crippen LogP contribution in [0.5, 0.6) is 0 Å².